The summed E-state index contributed by atoms with van der Waals surface area (Å²) in [4.78, 5) is 7.29. The van der Waals surface area contributed by atoms with Crippen molar-refractivity contribution in [3.63, 3.8) is 0 Å². The highest BCUT2D eigenvalue weighted by molar-refractivity contribution is 7.52. The molecule has 2 rings (SSSR count). The molecule has 0 saturated carbocycles. The highest BCUT2D eigenvalue weighted by atomic mass is 31.2. The van der Waals surface area contributed by atoms with Crippen molar-refractivity contribution in [3.05, 3.63) is 59.7 Å². The highest BCUT2D eigenvalue weighted by Crippen LogP contribution is 2.52. The summed E-state index contributed by atoms with van der Waals surface area (Å²) in [5, 5.41) is 25.6. The van der Waals surface area contributed by atoms with Crippen LogP contribution in [0.4, 0.5) is 11.4 Å². The first kappa shape index (κ1) is 28.1. The summed E-state index contributed by atoms with van der Waals surface area (Å²) in [5.74, 6) is 0. The molecule has 2 unspecified atom stereocenters. The molecule has 34 heavy (non-hydrogen) atoms. The lowest BCUT2D eigenvalue weighted by molar-refractivity contribution is 0.165. The van der Waals surface area contributed by atoms with E-state index in [-0.39, 0.29) is 26.4 Å². The molecule has 0 amide bonds. The molecule has 186 valence electrons. The van der Waals surface area contributed by atoms with Gasteiger partial charge in [-0.1, -0.05) is 34.0 Å². The Morgan fingerprint density at radius 1 is 0.676 bits per heavy atom. The molecule has 0 heterocycles. The minimum atomic E-state index is -3.92. The predicted octanol–water partition coefficient (Wildman–Crippen LogP) is 5.17. The highest BCUT2D eigenvalue weighted by Gasteiger charge is 2.26. The molecule has 0 aliphatic carbocycles. The molecule has 2 N–H and O–H groups in total. The SMILES string of the molecule is COP(=O)(N=Nc1ccc(CCO)cc1)OCCOP(=O)(N=Nc1ccc(CCO)cc1)OC. The fraction of sp³-hybridized carbons (Fsp3) is 0.400. The number of rotatable bonds is 15. The monoisotopic (exact) mass is 514 g/mol. The fourth-order valence-electron chi connectivity index (χ4n) is 2.46. The number of nitrogens with zero attached hydrogens (tertiary/aromatic N) is 4. The van der Waals surface area contributed by atoms with E-state index in [1.165, 1.54) is 0 Å². The van der Waals surface area contributed by atoms with Crippen LogP contribution in [0.25, 0.3) is 0 Å². The quantitative estimate of drug-likeness (QED) is 0.187. The number of benzene rings is 2. The van der Waals surface area contributed by atoms with Gasteiger partial charge in [0.05, 0.1) is 24.6 Å². The molecule has 0 saturated heterocycles. The Balaban J connectivity index is 1.88. The van der Waals surface area contributed by atoms with Gasteiger partial charge in [-0.2, -0.15) is 0 Å². The van der Waals surface area contributed by atoms with Gasteiger partial charge in [0.25, 0.3) is 0 Å². The third-order valence-corrected chi connectivity index (χ3v) is 6.82. The topological polar surface area (TPSA) is 161 Å². The average Bonchev–Trinajstić information content (AvgIpc) is 2.86. The molecule has 0 aromatic heterocycles. The predicted molar refractivity (Wildman–Crippen MR) is 125 cm³/mol. The van der Waals surface area contributed by atoms with Crippen molar-refractivity contribution in [1.29, 1.82) is 0 Å². The fourth-order valence-corrected chi connectivity index (χ4v) is 3.96. The third-order valence-electron chi connectivity index (χ3n) is 4.27. The van der Waals surface area contributed by atoms with E-state index in [0.29, 0.717) is 24.2 Å². The second-order valence-electron chi connectivity index (χ2n) is 6.63. The minimum Gasteiger partial charge on any atom is -0.396 e. The van der Waals surface area contributed by atoms with Crippen LogP contribution in [0.3, 0.4) is 0 Å². The zero-order valence-corrected chi connectivity index (χ0v) is 20.7. The zero-order chi connectivity index (χ0) is 24.9. The van der Waals surface area contributed by atoms with Crippen LogP contribution in [-0.4, -0.2) is 50.9 Å². The molecular weight excluding hydrogens is 486 g/mol. The summed E-state index contributed by atoms with van der Waals surface area (Å²) < 4.78 is 45.1. The summed E-state index contributed by atoms with van der Waals surface area (Å²) in [7, 11) is -5.52. The molecule has 0 spiro atoms. The third kappa shape index (κ3) is 9.61. The van der Waals surface area contributed by atoms with Gasteiger partial charge in [0.15, 0.2) is 0 Å². The van der Waals surface area contributed by atoms with Crippen molar-refractivity contribution < 1.29 is 37.4 Å². The number of hydrogen-bond donors (Lipinski definition) is 2. The van der Waals surface area contributed by atoms with Crippen molar-refractivity contribution >= 4 is 26.9 Å². The molecule has 14 heteroatoms. The van der Waals surface area contributed by atoms with Crippen LogP contribution in [0.2, 0.25) is 0 Å². The van der Waals surface area contributed by atoms with Gasteiger partial charge < -0.3 is 10.2 Å². The van der Waals surface area contributed by atoms with Crippen LogP contribution in [-0.2, 0) is 40.1 Å². The molecule has 2 aromatic carbocycles. The first-order chi connectivity index (χ1) is 16.3. The smallest absolute Gasteiger partial charge is 0.396 e. The van der Waals surface area contributed by atoms with Crippen LogP contribution < -0.4 is 0 Å². The summed E-state index contributed by atoms with van der Waals surface area (Å²) in [5.41, 5.74) is 2.69. The van der Waals surface area contributed by atoms with Crippen LogP contribution >= 0.6 is 15.5 Å². The van der Waals surface area contributed by atoms with E-state index < -0.39 is 15.5 Å². The van der Waals surface area contributed by atoms with Gasteiger partial charge >= 0.3 is 15.5 Å². The second kappa shape index (κ2) is 14.3. The van der Waals surface area contributed by atoms with Gasteiger partial charge in [-0.15, -0.1) is 10.2 Å². The van der Waals surface area contributed by atoms with Crippen LogP contribution in [0, 0.1) is 0 Å². The van der Waals surface area contributed by atoms with Gasteiger partial charge in [0.1, 0.15) is 0 Å². The summed E-state index contributed by atoms with van der Waals surface area (Å²) >= 11 is 0. The van der Waals surface area contributed by atoms with Crippen molar-refractivity contribution in [2.45, 2.75) is 12.8 Å². The zero-order valence-electron chi connectivity index (χ0n) is 18.9. The van der Waals surface area contributed by atoms with Gasteiger partial charge in [-0.25, -0.2) is 9.13 Å². The van der Waals surface area contributed by atoms with Crippen molar-refractivity contribution in [2.24, 2.45) is 20.0 Å². The van der Waals surface area contributed by atoms with Gasteiger partial charge in [-0.3, -0.25) is 18.1 Å². The Morgan fingerprint density at radius 2 is 1.03 bits per heavy atom. The molecular formula is C20H28N4O8P2. The summed E-state index contributed by atoms with van der Waals surface area (Å²) in [6.07, 6.45) is 1.03. The van der Waals surface area contributed by atoms with E-state index >= 15 is 0 Å². The summed E-state index contributed by atoms with van der Waals surface area (Å²) in [6, 6.07) is 13.6. The summed E-state index contributed by atoms with van der Waals surface area (Å²) in [6.45, 7) is -0.520. The van der Waals surface area contributed by atoms with Gasteiger partial charge in [-0.05, 0) is 48.2 Å². The molecule has 0 radical (unpaired) electrons. The molecule has 0 aliphatic rings. The van der Waals surface area contributed by atoms with Gasteiger partial charge in [0.2, 0.25) is 0 Å². The van der Waals surface area contributed by atoms with E-state index in [1.807, 2.05) is 0 Å². The van der Waals surface area contributed by atoms with E-state index in [4.69, 9.17) is 28.3 Å². The Bertz CT molecular complexity index is 948. The van der Waals surface area contributed by atoms with E-state index in [0.717, 1.165) is 25.3 Å². The van der Waals surface area contributed by atoms with E-state index in [1.54, 1.807) is 48.5 Å². The molecule has 12 nitrogen and oxygen atoms in total. The van der Waals surface area contributed by atoms with Crippen molar-refractivity contribution in [1.82, 2.24) is 0 Å². The van der Waals surface area contributed by atoms with Crippen molar-refractivity contribution in [2.75, 3.05) is 40.6 Å². The lowest BCUT2D eigenvalue weighted by Gasteiger charge is -2.12. The number of aliphatic hydroxyl groups excluding tert-OH is 2. The molecule has 2 aromatic rings. The average molecular weight is 514 g/mol. The lowest BCUT2D eigenvalue weighted by atomic mass is 10.1. The first-order valence-corrected chi connectivity index (χ1v) is 13.2. The molecule has 0 fully saturated rings. The molecule has 2 atom stereocenters. The van der Waals surface area contributed by atoms with Crippen LogP contribution in [0.1, 0.15) is 11.1 Å². The first-order valence-electron chi connectivity index (χ1n) is 10.2. The minimum absolute atomic E-state index is 0.0333. The lowest BCUT2D eigenvalue weighted by Crippen LogP contribution is -2.02. The van der Waals surface area contributed by atoms with Crippen LogP contribution in [0.15, 0.2) is 68.5 Å². The van der Waals surface area contributed by atoms with Crippen molar-refractivity contribution in [3.8, 4) is 0 Å². The normalized spacial score (nSPS) is 15.5. The maximum atomic E-state index is 12.6. The number of hydrogen-bond acceptors (Lipinski definition) is 10. The largest absolute Gasteiger partial charge is 0.471 e. The second-order valence-corrected chi connectivity index (χ2v) is 10.1. The Morgan fingerprint density at radius 3 is 1.32 bits per heavy atom. The molecule has 0 aliphatic heterocycles. The standard InChI is InChI=1S/C20H28N4O8P2/c1-29-33(27,23-21-19-7-3-17(4-8-19)11-13-25)31-15-16-32-34(28,30-2)24-22-20-9-5-18(6-10-20)12-14-26/h3-10,25-26H,11-16H2,1-2H3. The maximum absolute atomic E-state index is 12.6. The van der Waals surface area contributed by atoms with E-state index in [9.17, 15) is 9.13 Å². The Kier molecular flexibility index (Phi) is 11.8. The Labute approximate surface area is 197 Å². The van der Waals surface area contributed by atoms with Crippen LogP contribution in [0.5, 0.6) is 0 Å². The number of aliphatic hydroxyl groups is 2. The van der Waals surface area contributed by atoms with E-state index in [2.05, 4.69) is 20.0 Å². The maximum Gasteiger partial charge on any atom is 0.471 e. The Hall–Kier alpha value is -2.14. The van der Waals surface area contributed by atoms with Gasteiger partial charge in [0, 0.05) is 27.4 Å². The molecule has 0 bridgehead atoms.